The lowest BCUT2D eigenvalue weighted by Crippen LogP contribution is -1.93. The van der Waals surface area contributed by atoms with Crippen molar-refractivity contribution in [2.45, 2.75) is 33.6 Å². The molecular formula is C10H16N4. The van der Waals surface area contributed by atoms with Crippen molar-refractivity contribution in [1.29, 1.82) is 0 Å². The van der Waals surface area contributed by atoms with E-state index < -0.39 is 0 Å². The predicted octanol–water partition coefficient (Wildman–Crippen LogP) is 2.27. The Morgan fingerprint density at radius 1 is 1.21 bits per heavy atom. The van der Waals surface area contributed by atoms with Gasteiger partial charge in [0.05, 0.1) is 0 Å². The Morgan fingerprint density at radius 2 is 1.93 bits per heavy atom. The molecule has 76 valence electrons. The molecule has 0 saturated heterocycles. The molecule has 0 atom stereocenters. The lowest BCUT2D eigenvalue weighted by Gasteiger charge is -2.03. The average molecular weight is 192 g/mol. The molecule has 0 amide bonds. The van der Waals surface area contributed by atoms with Crippen LogP contribution >= 0.6 is 0 Å². The third-order valence-corrected chi connectivity index (χ3v) is 1.88. The first kappa shape index (κ1) is 10.6. The van der Waals surface area contributed by atoms with Gasteiger partial charge in [0.2, 0.25) is 0 Å². The van der Waals surface area contributed by atoms with E-state index in [1.54, 1.807) is 4.52 Å². The van der Waals surface area contributed by atoms with Crippen molar-refractivity contribution in [2.24, 2.45) is 0 Å². The summed E-state index contributed by atoms with van der Waals surface area (Å²) < 4.78 is 1.69. The van der Waals surface area contributed by atoms with E-state index >= 15 is 0 Å². The van der Waals surface area contributed by atoms with Crippen LogP contribution < -0.4 is 0 Å². The molecule has 0 N–H and O–H groups in total. The smallest absolute Gasteiger partial charge is 0.179 e. The second-order valence-corrected chi connectivity index (χ2v) is 3.10. The van der Waals surface area contributed by atoms with Crippen molar-refractivity contribution in [3.63, 3.8) is 0 Å². The van der Waals surface area contributed by atoms with Gasteiger partial charge < -0.3 is 0 Å². The van der Waals surface area contributed by atoms with Gasteiger partial charge in [0, 0.05) is 6.20 Å². The van der Waals surface area contributed by atoms with Gasteiger partial charge in [-0.3, -0.25) is 0 Å². The summed E-state index contributed by atoms with van der Waals surface area (Å²) >= 11 is 0. The minimum Gasteiger partial charge on any atom is -0.200 e. The summed E-state index contributed by atoms with van der Waals surface area (Å²) in [4.78, 5) is 0. The van der Waals surface area contributed by atoms with Crippen LogP contribution in [0.15, 0.2) is 18.3 Å². The Morgan fingerprint density at radius 3 is 2.57 bits per heavy atom. The Labute approximate surface area is 83.9 Å². The fourth-order valence-electron chi connectivity index (χ4n) is 1.10. The van der Waals surface area contributed by atoms with E-state index in [0.717, 1.165) is 5.65 Å². The molecule has 0 radical (unpaired) electrons. The first-order chi connectivity index (χ1) is 6.77. The SMILES string of the molecule is CC.CC(C)c1ccc2nnnn2c1. The van der Waals surface area contributed by atoms with Crippen molar-refractivity contribution in [3.8, 4) is 0 Å². The van der Waals surface area contributed by atoms with Crippen molar-refractivity contribution in [2.75, 3.05) is 0 Å². The zero-order valence-electron chi connectivity index (χ0n) is 9.10. The zero-order chi connectivity index (χ0) is 10.6. The average Bonchev–Trinajstić information content (AvgIpc) is 2.67. The highest BCUT2D eigenvalue weighted by Gasteiger charge is 2.01. The Bertz CT molecular complexity index is 392. The van der Waals surface area contributed by atoms with Crippen LogP contribution in [0.4, 0.5) is 0 Å². The van der Waals surface area contributed by atoms with E-state index in [0.29, 0.717) is 5.92 Å². The summed E-state index contributed by atoms with van der Waals surface area (Å²) in [6.07, 6.45) is 1.96. The highest BCUT2D eigenvalue weighted by atomic mass is 15.5. The largest absolute Gasteiger partial charge is 0.200 e. The third-order valence-electron chi connectivity index (χ3n) is 1.88. The Balaban J connectivity index is 0.000000461. The van der Waals surface area contributed by atoms with Gasteiger partial charge in [0.25, 0.3) is 0 Å². The van der Waals surface area contributed by atoms with E-state index in [2.05, 4.69) is 35.4 Å². The number of pyridine rings is 1. The number of tetrazole rings is 1. The van der Waals surface area contributed by atoms with Gasteiger partial charge in [0.1, 0.15) is 0 Å². The molecule has 4 heteroatoms. The van der Waals surface area contributed by atoms with Gasteiger partial charge in [-0.15, -0.1) is 5.10 Å². The number of hydrogen-bond donors (Lipinski definition) is 0. The van der Waals surface area contributed by atoms with Gasteiger partial charge >= 0.3 is 0 Å². The van der Waals surface area contributed by atoms with Gasteiger partial charge in [0.15, 0.2) is 5.65 Å². The molecule has 0 spiro atoms. The number of rotatable bonds is 1. The molecular weight excluding hydrogens is 176 g/mol. The van der Waals surface area contributed by atoms with Crippen molar-refractivity contribution >= 4 is 5.65 Å². The van der Waals surface area contributed by atoms with E-state index in [1.807, 2.05) is 26.1 Å². The van der Waals surface area contributed by atoms with Crippen LogP contribution in [-0.4, -0.2) is 20.0 Å². The molecule has 0 unspecified atom stereocenters. The van der Waals surface area contributed by atoms with Crippen molar-refractivity contribution < 1.29 is 0 Å². The molecule has 0 aliphatic heterocycles. The Hall–Kier alpha value is -1.45. The molecule has 4 nitrogen and oxygen atoms in total. The maximum absolute atomic E-state index is 3.82. The second kappa shape index (κ2) is 4.69. The summed E-state index contributed by atoms with van der Waals surface area (Å²) in [7, 11) is 0. The van der Waals surface area contributed by atoms with Crippen LogP contribution in [0, 0.1) is 0 Å². The van der Waals surface area contributed by atoms with E-state index in [9.17, 15) is 0 Å². The van der Waals surface area contributed by atoms with Crippen LogP contribution in [0.2, 0.25) is 0 Å². The molecule has 2 aromatic heterocycles. The van der Waals surface area contributed by atoms with Crippen molar-refractivity contribution in [3.05, 3.63) is 23.9 Å². The first-order valence-electron chi connectivity index (χ1n) is 4.95. The summed E-state index contributed by atoms with van der Waals surface area (Å²) in [5.74, 6) is 0.513. The molecule has 0 aromatic carbocycles. The predicted molar refractivity (Wildman–Crippen MR) is 56.2 cm³/mol. The molecule has 0 fully saturated rings. The lowest BCUT2D eigenvalue weighted by molar-refractivity contribution is 0.795. The highest BCUT2D eigenvalue weighted by molar-refractivity contribution is 5.36. The van der Waals surface area contributed by atoms with Crippen molar-refractivity contribution in [1.82, 2.24) is 20.0 Å². The second-order valence-electron chi connectivity index (χ2n) is 3.10. The monoisotopic (exact) mass is 192 g/mol. The molecule has 2 rings (SSSR count). The number of aromatic nitrogens is 4. The fraction of sp³-hybridized carbons (Fsp3) is 0.500. The molecule has 0 saturated carbocycles. The molecule has 2 aromatic rings. The van der Waals surface area contributed by atoms with Crippen LogP contribution in [0.3, 0.4) is 0 Å². The molecule has 0 aliphatic carbocycles. The number of fused-ring (bicyclic) bond motifs is 1. The summed E-state index contributed by atoms with van der Waals surface area (Å²) in [6, 6.07) is 3.98. The third kappa shape index (κ3) is 2.07. The summed E-state index contributed by atoms with van der Waals surface area (Å²) in [5, 5.41) is 11.2. The molecule has 0 aliphatic rings. The van der Waals surface area contributed by atoms with Gasteiger partial charge in [-0.2, -0.15) is 0 Å². The maximum atomic E-state index is 3.82. The normalized spacial score (nSPS) is 10.1. The summed E-state index contributed by atoms with van der Waals surface area (Å²) in [6.45, 7) is 8.29. The molecule has 0 bridgehead atoms. The number of hydrogen-bond acceptors (Lipinski definition) is 3. The van der Waals surface area contributed by atoms with Gasteiger partial charge in [-0.1, -0.05) is 33.8 Å². The van der Waals surface area contributed by atoms with E-state index in [4.69, 9.17) is 0 Å². The topological polar surface area (TPSA) is 43.1 Å². The summed E-state index contributed by atoms with van der Waals surface area (Å²) in [5.41, 5.74) is 2.04. The van der Waals surface area contributed by atoms with Crippen LogP contribution in [-0.2, 0) is 0 Å². The van der Waals surface area contributed by atoms with E-state index in [-0.39, 0.29) is 0 Å². The fourth-order valence-corrected chi connectivity index (χ4v) is 1.10. The van der Waals surface area contributed by atoms with Crippen LogP contribution in [0.1, 0.15) is 39.2 Å². The number of nitrogens with zero attached hydrogens (tertiary/aromatic N) is 4. The standard InChI is InChI=1S/C8H10N4.C2H6/c1-6(2)7-3-4-8-9-10-11-12(8)5-7;1-2/h3-6H,1-2H3;1-2H3. The molecule has 2 heterocycles. The first-order valence-corrected chi connectivity index (χ1v) is 4.95. The molecule has 14 heavy (non-hydrogen) atoms. The quantitative estimate of drug-likeness (QED) is 0.696. The van der Waals surface area contributed by atoms with Gasteiger partial charge in [-0.05, 0) is 28.0 Å². The van der Waals surface area contributed by atoms with Crippen LogP contribution in [0.25, 0.3) is 5.65 Å². The lowest BCUT2D eigenvalue weighted by atomic mass is 10.1. The maximum Gasteiger partial charge on any atom is 0.179 e. The van der Waals surface area contributed by atoms with E-state index in [1.165, 1.54) is 5.56 Å². The Kier molecular flexibility index (Phi) is 3.56. The minimum atomic E-state index is 0.513. The van der Waals surface area contributed by atoms with Crippen LogP contribution in [0.5, 0.6) is 0 Å². The zero-order valence-corrected chi connectivity index (χ0v) is 9.10. The van der Waals surface area contributed by atoms with Gasteiger partial charge in [-0.25, -0.2) is 4.52 Å². The minimum absolute atomic E-state index is 0.513. The highest BCUT2D eigenvalue weighted by Crippen LogP contribution is 2.13.